The molecule has 4 nitrogen and oxygen atoms in total. The highest BCUT2D eigenvalue weighted by Crippen LogP contribution is 2.16. The molecule has 22 heavy (non-hydrogen) atoms. The number of anilines is 1. The maximum atomic E-state index is 12.1. The first-order valence-corrected chi connectivity index (χ1v) is 8.46. The maximum Gasteiger partial charge on any atom is 0.230 e. The second kappa shape index (κ2) is 6.89. The van der Waals surface area contributed by atoms with Gasteiger partial charge in [-0.2, -0.15) is 5.10 Å². The van der Waals surface area contributed by atoms with Crippen molar-refractivity contribution in [2.24, 2.45) is 0 Å². The summed E-state index contributed by atoms with van der Waals surface area (Å²) in [6, 6.07) is 13.8. The number of thiophene rings is 1. The zero-order valence-electron chi connectivity index (χ0n) is 11.7. The Morgan fingerprint density at radius 3 is 2.95 bits per heavy atom. The SMILES string of the molecule is O=C(Cc1cccs1)Nc1ccnn1Cc1cccc(Br)c1. The summed E-state index contributed by atoms with van der Waals surface area (Å²) in [5, 5.41) is 9.17. The monoisotopic (exact) mass is 375 g/mol. The highest BCUT2D eigenvalue weighted by atomic mass is 79.9. The van der Waals surface area contributed by atoms with Gasteiger partial charge in [0.25, 0.3) is 0 Å². The van der Waals surface area contributed by atoms with Gasteiger partial charge in [0.05, 0.1) is 19.2 Å². The van der Waals surface area contributed by atoms with Crippen LogP contribution in [0.25, 0.3) is 0 Å². The fraction of sp³-hybridized carbons (Fsp3) is 0.125. The van der Waals surface area contributed by atoms with Gasteiger partial charge >= 0.3 is 0 Å². The number of aromatic nitrogens is 2. The summed E-state index contributed by atoms with van der Waals surface area (Å²) in [6.07, 6.45) is 2.08. The van der Waals surface area contributed by atoms with E-state index in [0.717, 1.165) is 14.9 Å². The number of hydrogen-bond donors (Lipinski definition) is 1. The number of hydrogen-bond acceptors (Lipinski definition) is 3. The number of rotatable bonds is 5. The molecule has 1 amide bonds. The summed E-state index contributed by atoms with van der Waals surface area (Å²) < 4.78 is 2.81. The molecule has 1 aromatic carbocycles. The molecule has 0 aliphatic carbocycles. The van der Waals surface area contributed by atoms with Crippen molar-refractivity contribution in [2.45, 2.75) is 13.0 Å². The number of carbonyl (C=O) groups excluding carboxylic acids is 1. The van der Waals surface area contributed by atoms with Crippen LogP contribution in [0.5, 0.6) is 0 Å². The van der Waals surface area contributed by atoms with Gasteiger partial charge < -0.3 is 5.32 Å². The third kappa shape index (κ3) is 3.84. The topological polar surface area (TPSA) is 46.9 Å². The average molecular weight is 376 g/mol. The largest absolute Gasteiger partial charge is 0.311 e. The van der Waals surface area contributed by atoms with Gasteiger partial charge in [0.1, 0.15) is 5.82 Å². The summed E-state index contributed by atoms with van der Waals surface area (Å²) in [5.74, 6) is 0.681. The normalized spacial score (nSPS) is 10.6. The van der Waals surface area contributed by atoms with Crippen LogP contribution in [0.2, 0.25) is 0 Å². The summed E-state index contributed by atoms with van der Waals surface area (Å²) in [7, 11) is 0. The first kappa shape index (κ1) is 15.0. The summed E-state index contributed by atoms with van der Waals surface area (Å²) in [5.41, 5.74) is 1.12. The van der Waals surface area contributed by atoms with Gasteiger partial charge in [-0.05, 0) is 29.1 Å². The molecule has 2 heterocycles. The van der Waals surface area contributed by atoms with Gasteiger partial charge in [-0.25, -0.2) is 4.68 Å². The Kier molecular flexibility index (Phi) is 4.70. The fourth-order valence-electron chi connectivity index (χ4n) is 2.13. The average Bonchev–Trinajstić information content (AvgIpc) is 3.12. The Labute approximate surface area is 140 Å². The molecule has 1 N–H and O–H groups in total. The Bertz CT molecular complexity index is 767. The Balaban J connectivity index is 1.68. The van der Waals surface area contributed by atoms with Crippen LogP contribution in [0.15, 0.2) is 58.5 Å². The van der Waals surface area contributed by atoms with Gasteiger partial charge in [-0.15, -0.1) is 11.3 Å². The third-order valence-electron chi connectivity index (χ3n) is 3.12. The molecule has 0 radical (unpaired) electrons. The molecule has 0 aliphatic heterocycles. The van der Waals surface area contributed by atoms with Crippen molar-refractivity contribution >= 4 is 39.0 Å². The van der Waals surface area contributed by atoms with E-state index in [4.69, 9.17) is 0 Å². The van der Waals surface area contributed by atoms with Crippen molar-refractivity contribution in [3.8, 4) is 0 Å². The number of nitrogens with one attached hydrogen (secondary N) is 1. The lowest BCUT2D eigenvalue weighted by atomic mass is 10.2. The number of carbonyl (C=O) groups is 1. The lowest BCUT2D eigenvalue weighted by Crippen LogP contribution is -2.17. The van der Waals surface area contributed by atoms with E-state index in [-0.39, 0.29) is 5.91 Å². The summed E-state index contributed by atoms with van der Waals surface area (Å²) in [6.45, 7) is 0.612. The zero-order valence-corrected chi connectivity index (χ0v) is 14.1. The number of nitrogens with zero attached hydrogens (tertiary/aromatic N) is 2. The van der Waals surface area contributed by atoms with Crippen LogP contribution >= 0.6 is 27.3 Å². The van der Waals surface area contributed by atoms with Crippen LogP contribution in [0.3, 0.4) is 0 Å². The minimum absolute atomic E-state index is 0.0292. The van der Waals surface area contributed by atoms with Crippen LogP contribution < -0.4 is 5.32 Å². The molecule has 0 saturated heterocycles. The Hall–Kier alpha value is -1.92. The summed E-state index contributed by atoms with van der Waals surface area (Å²) in [4.78, 5) is 13.1. The molecule has 0 aliphatic rings. The molecule has 0 unspecified atom stereocenters. The van der Waals surface area contributed by atoms with Gasteiger partial charge in [-0.3, -0.25) is 4.79 Å². The molecule has 2 aromatic heterocycles. The van der Waals surface area contributed by atoms with Gasteiger partial charge in [-0.1, -0.05) is 34.1 Å². The molecule has 0 fully saturated rings. The van der Waals surface area contributed by atoms with E-state index in [9.17, 15) is 4.79 Å². The van der Waals surface area contributed by atoms with Gasteiger partial charge in [0.15, 0.2) is 0 Å². The van der Waals surface area contributed by atoms with E-state index in [1.54, 1.807) is 22.2 Å². The van der Waals surface area contributed by atoms with Gasteiger partial charge in [0.2, 0.25) is 5.91 Å². The van der Waals surface area contributed by atoms with Crippen molar-refractivity contribution in [3.63, 3.8) is 0 Å². The van der Waals surface area contributed by atoms with Crippen molar-refractivity contribution in [2.75, 3.05) is 5.32 Å². The number of amides is 1. The van der Waals surface area contributed by atoms with Crippen LogP contribution in [0.1, 0.15) is 10.4 Å². The smallest absolute Gasteiger partial charge is 0.230 e. The highest BCUT2D eigenvalue weighted by molar-refractivity contribution is 9.10. The third-order valence-corrected chi connectivity index (χ3v) is 4.49. The minimum atomic E-state index is -0.0292. The van der Waals surface area contributed by atoms with Crippen LogP contribution in [-0.4, -0.2) is 15.7 Å². The predicted molar refractivity (Wildman–Crippen MR) is 92.1 cm³/mol. The minimum Gasteiger partial charge on any atom is -0.311 e. The predicted octanol–water partition coefficient (Wildman–Crippen LogP) is 3.94. The molecule has 0 bridgehead atoms. The van der Waals surface area contributed by atoms with Crippen molar-refractivity contribution in [3.05, 3.63) is 69.0 Å². The fourth-order valence-corrected chi connectivity index (χ4v) is 3.28. The summed E-state index contributed by atoms with van der Waals surface area (Å²) >= 11 is 5.04. The van der Waals surface area contributed by atoms with E-state index in [0.29, 0.717) is 18.8 Å². The second-order valence-corrected chi connectivity index (χ2v) is 6.76. The van der Waals surface area contributed by atoms with E-state index >= 15 is 0 Å². The molecule has 0 saturated carbocycles. The van der Waals surface area contributed by atoms with Crippen molar-refractivity contribution in [1.29, 1.82) is 0 Å². The molecule has 0 spiro atoms. The number of benzene rings is 1. The number of halogens is 1. The van der Waals surface area contributed by atoms with Crippen LogP contribution in [0.4, 0.5) is 5.82 Å². The van der Waals surface area contributed by atoms with Gasteiger partial charge in [0, 0.05) is 15.4 Å². The lowest BCUT2D eigenvalue weighted by Gasteiger charge is -2.09. The molecule has 3 rings (SSSR count). The van der Waals surface area contributed by atoms with E-state index < -0.39 is 0 Å². The zero-order chi connectivity index (χ0) is 15.4. The van der Waals surface area contributed by atoms with Crippen molar-refractivity contribution < 1.29 is 4.79 Å². The van der Waals surface area contributed by atoms with E-state index in [1.807, 2.05) is 47.8 Å². The molecule has 0 atom stereocenters. The molecular weight excluding hydrogens is 362 g/mol. The first-order valence-electron chi connectivity index (χ1n) is 6.79. The molecule has 3 aromatic rings. The maximum absolute atomic E-state index is 12.1. The molecule has 112 valence electrons. The van der Waals surface area contributed by atoms with Crippen molar-refractivity contribution in [1.82, 2.24) is 9.78 Å². The standard InChI is InChI=1S/C16H14BrN3OS/c17-13-4-1-3-12(9-13)11-20-15(6-7-18-20)19-16(21)10-14-5-2-8-22-14/h1-9H,10-11H2,(H,19,21). The quantitative estimate of drug-likeness (QED) is 0.733. The first-order chi connectivity index (χ1) is 10.7. The highest BCUT2D eigenvalue weighted by Gasteiger charge is 2.09. The van der Waals surface area contributed by atoms with E-state index in [2.05, 4.69) is 26.3 Å². The molecular formula is C16H14BrN3OS. The Morgan fingerprint density at radius 2 is 2.18 bits per heavy atom. The second-order valence-electron chi connectivity index (χ2n) is 4.81. The Morgan fingerprint density at radius 1 is 1.27 bits per heavy atom. The molecule has 6 heteroatoms. The van der Waals surface area contributed by atoms with Crippen LogP contribution in [0, 0.1) is 0 Å². The lowest BCUT2D eigenvalue weighted by molar-refractivity contribution is -0.115. The van der Waals surface area contributed by atoms with E-state index in [1.165, 1.54) is 0 Å². The van der Waals surface area contributed by atoms with Crippen LogP contribution in [-0.2, 0) is 17.8 Å².